The van der Waals surface area contributed by atoms with Crippen LogP contribution in [0.3, 0.4) is 0 Å². The van der Waals surface area contributed by atoms with Gasteiger partial charge in [0.2, 0.25) is 5.91 Å². The van der Waals surface area contributed by atoms with E-state index < -0.39 is 0 Å². The summed E-state index contributed by atoms with van der Waals surface area (Å²) >= 11 is 0. The molecular weight excluding hydrogens is 314 g/mol. The number of aliphatic hydroxyl groups is 1. The molecule has 0 saturated carbocycles. The minimum atomic E-state index is -0.0344. The molecule has 0 aliphatic rings. The number of rotatable bonds is 6. The Morgan fingerprint density at radius 1 is 1.16 bits per heavy atom. The van der Waals surface area contributed by atoms with Gasteiger partial charge in [0.15, 0.2) is 0 Å². The highest BCUT2D eigenvalue weighted by Crippen LogP contribution is 2.21. The first-order valence-electron chi connectivity index (χ1n) is 8.33. The number of hydrogen-bond acceptors (Lipinski definition) is 3. The molecule has 0 aliphatic carbocycles. The normalized spacial score (nSPS) is 10.8. The lowest BCUT2D eigenvalue weighted by molar-refractivity contribution is -0.115. The van der Waals surface area contributed by atoms with E-state index >= 15 is 0 Å². The Morgan fingerprint density at radius 2 is 1.88 bits per heavy atom. The van der Waals surface area contributed by atoms with Crippen LogP contribution in [0.15, 0.2) is 54.7 Å². The second-order valence-corrected chi connectivity index (χ2v) is 6.20. The van der Waals surface area contributed by atoms with Crippen LogP contribution in [0, 0.1) is 0 Å². The van der Waals surface area contributed by atoms with Crippen molar-refractivity contribution in [1.82, 2.24) is 4.57 Å². The van der Waals surface area contributed by atoms with E-state index in [1.807, 2.05) is 72.2 Å². The molecule has 1 heterocycles. The number of anilines is 2. The first-order valence-corrected chi connectivity index (χ1v) is 8.33. The topological polar surface area (TPSA) is 57.5 Å². The van der Waals surface area contributed by atoms with E-state index in [-0.39, 0.29) is 12.5 Å². The van der Waals surface area contributed by atoms with Crippen molar-refractivity contribution < 1.29 is 9.90 Å². The van der Waals surface area contributed by atoms with Gasteiger partial charge in [-0.25, -0.2) is 0 Å². The average Bonchev–Trinajstić information content (AvgIpc) is 2.92. The quantitative estimate of drug-likeness (QED) is 0.727. The lowest BCUT2D eigenvalue weighted by Crippen LogP contribution is -2.21. The third-order valence-corrected chi connectivity index (χ3v) is 4.36. The molecule has 5 nitrogen and oxygen atoms in total. The molecule has 25 heavy (non-hydrogen) atoms. The highest BCUT2D eigenvalue weighted by molar-refractivity contribution is 5.96. The number of aryl methyl sites for hydroxylation is 1. The van der Waals surface area contributed by atoms with Crippen molar-refractivity contribution in [2.24, 2.45) is 7.05 Å². The molecular formula is C20H23N3O2. The smallest absolute Gasteiger partial charge is 0.228 e. The predicted octanol–water partition coefficient (Wildman–Crippen LogP) is 2.79. The molecule has 0 unspecified atom stereocenters. The largest absolute Gasteiger partial charge is 0.395 e. The van der Waals surface area contributed by atoms with Gasteiger partial charge in [0.05, 0.1) is 13.0 Å². The highest BCUT2D eigenvalue weighted by Gasteiger charge is 2.11. The molecule has 0 spiro atoms. The molecule has 5 heteroatoms. The summed E-state index contributed by atoms with van der Waals surface area (Å²) in [6.45, 7) is 0.687. The summed E-state index contributed by atoms with van der Waals surface area (Å²) in [5, 5.41) is 13.0. The van der Waals surface area contributed by atoms with Crippen molar-refractivity contribution >= 4 is 28.2 Å². The first kappa shape index (κ1) is 17.0. The summed E-state index contributed by atoms with van der Waals surface area (Å²) in [6, 6.07) is 15.7. The summed E-state index contributed by atoms with van der Waals surface area (Å²) < 4.78 is 2.05. The third-order valence-electron chi connectivity index (χ3n) is 4.36. The monoisotopic (exact) mass is 337 g/mol. The maximum atomic E-state index is 12.4. The van der Waals surface area contributed by atoms with E-state index in [4.69, 9.17) is 5.11 Å². The zero-order valence-electron chi connectivity index (χ0n) is 14.6. The van der Waals surface area contributed by atoms with Crippen LogP contribution in [0.1, 0.15) is 5.56 Å². The van der Waals surface area contributed by atoms with E-state index in [1.165, 1.54) is 0 Å². The van der Waals surface area contributed by atoms with Gasteiger partial charge in [0, 0.05) is 49.1 Å². The van der Waals surface area contributed by atoms with Gasteiger partial charge in [-0.1, -0.05) is 18.2 Å². The van der Waals surface area contributed by atoms with Crippen LogP contribution in [-0.4, -0.2) is 35.8 Å². The molecule has 2 aromatic carbocycles. The molecule has 130 valence electrons. The van der Waals surface area contributed by atoms with Crippen molar-refractivity contribution in [2.75, 3.05) is 30.4 Å². The van der Waals surface area contributed by atoms with Gasteiger partial charge in [-0.15, -0.1) is 0 Å². The number of aliphatic hydroxyl groups excluding tert-OH is 1. The van der Waals surface area contributed by atoms with Gasteiger partial charge in [-0.2, -0.15) is 0 Å². The minimum absolute atomic E-state index is 0.0344. The number of benzene rings is 2. The zero-order valence-corrected chi connectivity index (χ0v) is 14.6. The highest BCUT2D eigenvalue weighted by atomic mass is 16.3. The SMILES string of the molecule is CN(CCO)c1ccc(NC(=O)Cc2cn(C)c3ccccc23)cc1. The fraction of sp³-hybridized carbons (Fsp3) is 0.250. The van der Waals surface area contributed by atoms with Crippen LogP contribution in [0.5, 0.6) is 0 Å². The van der Waals surface area contributed by atoms with E-state index in [9.17, 15) is 4.79 Å². The second-order valence-electron chi connectivity index (χ2n) is 6.20. The molecule has 0 aliphatic heterocycles. The number of fused-ring (bicyclic) bond motifs is 1. The standard InChI is InChI=1S/C20H23N3O2/c1-22(11-12-24)17-9-7-16(8-10-17)21-20(25)13-15-14-23(2)19-6-4-3-5-18(15)19/h3-10,14,24H,11-13H2,1-2H3,(H,21,25). The van der Waals surface area contributed by atoms with Gasteiger partial charge in [0.25, 0.3) is 0 Å². The Kier molecular flexibility index (Phi) is 5.05. The second kappa shape index (κ2) is 7.40. The number of nitrogens with one attached hydrogen (secondary N) is 1. The van der Waals surface area contributed by atoms with Crippen molar-refractivity contribution in [3.63, 3.8) is 0 Å². The lowest BCUT2D eigenvalue weighted by atomic mass is 10.1. The number of para-hydroxylation sites is 1. The molecule has 0 fully saturated rings. The Balaban J connectivity index is 1.68. The Labute approximate surface area is 147 Å². The number of likely N-dealkylation sites (N-methyl/N-ethyl adjacent to an activating group) is 1. The van der Waals surface area contributed by atoms with E-state index in [0.717, 1.165) is 27.8 Å². The number of aromatic nitrogens is 1. The molecule has 3 aromatic rings. The summed E-state index contributed by atoms with van der Waals surface area (Å²) in [5.74, 6) is -0.0344. The third kappa shape index (κ3) is 3.83. The number of nitrogens with zero attached hydrogens (tertiary/aromatic N) is 2. The van der Waals surface area contributed by atoms with Crippen molar-refractivity contribution in [3.05, 3.63) is 60.3 Å². The zero-order chi connectivity index (χ0) is 17.8. The summed E-state index contributed by atoms with van der Waals surface area (Å²) in [4.78, 5) is 14.4. The van der Waals surface area contributed by atoms with Crippen LogP contribution in [-0.2, 0) is 18.3 Å². The van der Waals surface area contributed by atoms with Gasteiger partial charge in [0.1, 0.15) is 0 Å². The Bertz CT molecular complexity index is 868. The maximum absolute atomic E-state index is 12.4. The molecule has 0 saturated heterocycles. The van der Waals surface area contributed by atoms with Gasteiger partial charge < -0.3 is 19.9 Å². The fourth-order valence-electron chi connectivity index (χ4n) is 3.02. The van der Waals surface area contributed by atoms with Gasteiger partial charge >= 0.3 is 0 Å². The number of amides is 1. The Hall–Kier alpha value is -2.79. The molecule has 0 atom stereocenters. The molecule has 0 bridgehead atoms. The van der Waals surface area contributed by atoms with Crippen LogP contribution in [0.4, 0.5) is 11.4 Å². The van der Waals surface area contributed by atoms with Crippen LogP contribution < -0.4 is 10.2 Å². The number of carbonyl (C=O) groups excluding carboxylic acids is 1. The van der Waals surface area contributed by atoms with E-state index in [0.29, 0.717) is 13.0 Å². The van der Waals surface area contributed by atoms with Crippen LogP contribution >= 0.6 is 0 Å². The average molecular weight is 337 g/mol. The van der Waals surface area contributed by atoms with Gasteiger partial charge in [-0.05, 0) is 35.9 Å². The summed E-state index contributed by atoms with van der Waals surface area (Å²) in [5.41, 5.74) is 3.92. The van der Waals surface area contributed by atoms with Crippen molar-refractivity contribution in [3.8, 4) is 0 Å². The number of hydrogen-bond donors (Lipinski definition) is 2. The van der Waals surface area contributed by atoms with Gasteiger partial charge in [-0.3, -0.25) is 4.79 Å². The minimum Gasteiger partial charge on any atom is -0.395 e. The number of carbonyl (C=O) groups is 1. The lowest BCUT2D eigenvalue weighted by Gasteiger charge is -2.18. The fourth-order valence-corrected chi connectivity index (χ4v) is 3.02. The molecule has 3 rings (SSSR count). The maximum Gasteiger partial charge on any atom is 0.228 e. The molecule has 0 radical (unpaired) electrons. The van der Waals surface area contributed by atoms with E-state index in [1.54, 1.807) is 0 Å². The molecule has 1 aromatic heterocycles. The summed E-state index contributed by atoms with van der Waals surface area (Å²) in [6.07, 6.45) is 2.35. The first-order chi connectivity index (χ1) is 12.1. The molecule has 1 amide bonds. The molecule has 2 N–H and O–H groups in total. The Morgan fingerprint density at radius 3 is 2.60 bits per heavy atom. The predicted molar refractivity (Wildman–Crippen MR) is 102 cm³/mol. The van der Waals surface area contributed by atoms with Crippen LogP contribution in [0.25, 0.3) is 10.9 Å². The van der Waals surface area contributed by atoms with Crippen molar-refractivity contribution in [1.29, 1.82) is 0 Å². The summed E-state index contributed by atoms with van der Waals surface area (Å²) in [7, 11) is 3.91. The van der Waals surface area contributed by atoms with Crippen LogP contribution in [0.2, 0.25) is 0 Å². The van der Waals surface area contributed by atoms with Crippen molar-refractivity contribution in [2.45, 2.75) is 6.42 Å². The van der Waals surface area contributed by atoms with E-state index in [2.05, 4.69) is 11.4 Å².